The first kappa shape index (κ1) is 14.2. The molecule has 0 aliphatic carbocycles. The van der Waals surface area contributed by atoms with Crippen LogP contribution in [0.15, 0.2) is 35.2 Å². The van der Waals surface area contributed by atoms with E-state index in [0.29, 0.717) is 11.4 Å². The Labute approximate surface area is 104 Å². The maximum atomic E-state index is 11.8. The molecule has 1 rings (SSSR count). The Hall–Kier alpha value is -0.910. The first-order valence-corrected chi connectivity index (χ1v) is 7.20. The van der Waals surface area contributed by atoms with Gasteiger partial charge in [-0.25, -0.2) is 13.1 Å². The summed E-state index contributed by atoms with van der Waals surface area (Å²) in [5.41, 5.74) is 0. The van der Waals surface area contributed by atoms with E-state index < -0.39 is 10.0 Å². The summed E-state index contributed by atoms with van der Waals surface area (Å²) in [6.07, 6.45) is 1.84. The molecular formula is C12H20N2O2S. The first-order valence-electron chi connectivity index (χ1n) is 5.72. The highest BCUT2D eigenvalue weighted by Gasteiger charge is 2.11. The van der Waals surface area contributed by atoms with Gasteiger partial charge in [0.25, 0.3) is 0 Å². The van der Waals surface area contributed by atoms with E-state index in [-0.39, 0.29) is 0 Å². The summed E-state index contributed by atoms with van der Waals surface area (Å²) >= 11 is 0. The zero-order chi connectivity index (χ0) is 12.7. The molecule has 0 aliphatic rings. The molecule has 0 atom stereocenters. The minimum absolute atomic E-state index is 0.326. The summed E-state index contributed by atoms with van der Waals surface area (Å²) in [4.78, 5) is 2.42. The van der Waals surface area contributed by atoms with E-state index >= 15 is 0 Å². The normalized spacial score (nSPS) is 11.9. The van der Waals surface area contributed by atoms with Gasteiger partial charge in [0.15, 0.2) is 0 Å². The summed E-state index contributed by atoms with van der Waals surface area (Å²) in [7, 11) is 0.692. The molecule has 0 amide bonds. The molecule has 1 aromatic rings. The Morgan fingerprint density at radius 2 is 1.76 bits per heavy atom. The summed E-state index contributed by atoms with van der Waals surface area (Å²) in [5.74, 6) is 0. The molecular weight excluding hydrogens is 236 g/mol. The van der Waals surface area contributed by atoms with Gasteiger partial charge in [-0.3, -0.25) is 0 Å². The summed E-state index contributed by atoms with van der Waals surface area (Å²) in [5, 5.41) is 0. The zero-order valence-corrected chi connectivity index (χ0v) is 11.2. The summed E-state index contributed by atoms with van der Waals surface area (Å²) in [6, 6.07) is 8.45. The second-order valence-corrected chi connectivity index (χ2v) is 5.99. The molecule has 0 bridgehead atoms. The smallest absolute Gasteiger partial charge is 0.240 e. The molecule has 0 fully saturated rings. The number of rotatable bonds is 7. The fraction of sp³-hybridized carbons (Fsp3) is 0.500. The van der Waals surface area contributed by atoms with Crippen molar-refractivity contribution in [2.45, 2.75) is 17.7 Å². The Bertz CT molecular complexity index is 415. The van der Waals surface area contributed by atoms with Crippen LogP contribution >= 0.6 is 0 Å². The third kappa shape index (κ3) is 5.30. The van der Waals surface area contributed by atoms with Crippen molar-refractivity contribution in [3.8, 4) is 0 Å². The van der Waals surface area contributed by atoms with Crippen molar-refractivity contribution in [1.82, 2.24) is 9.62 Å². The quantitative estimate of drug-likeness (QED) is 0.748. The van der Waals surface area contributed by atoms with Crippen LogP contribution in [0.5, 0.6) is 0 Å². The number of hydrogen-bond donors (Lipinski definition) is 1. The summed E-state index contributed by atoms with van der Waals surface area (Å²) in [6.45, 7) is 1.47. The van der Waals surface area contributed by atoms with Gasteiger partial charge < -0.3 is 4.90 Å². The Morgan fingerprint density at radius 1 is 1.12 bits per heavy atom. The SMILES string of the molecule is CN(C)CCCCNS(=O)(=O)c1ccccc1. The van der Waals surface area contributed by atoms with E-state index in [2.05, 4.69) is 9.62 Å². The predicted octanol–water partition coefficient (Wildman–Crippen LogP) is 1.31. The molecule has 4 nitrogen and oxygen atoms in total. The Balaban J connectivity index is 2.36. The topological polar surface area (TPSA) is 49.4 Å². The van der Waals surface area contributed by atoms with Gasteiger partial charge in [0.1, 0.15) is 0 Å². The van der Waals surface area contributed by atoms with Crippen LogP contribution < -0.4 is 4.72 Å². The van der Waals surface area contributed by atoms with Gasteiger partial charge in [-0.15, -0.1) is 0 Å². The van der Waals surface area contributed by atoms with Crippen molar-refractivity contribution < 1.29 is 8.42 Å². The van der Waals surface area contributed by atoms with Gasteiger partial charge in [0.2, 0.25) is 10.0 Å². The van der Waals surface area contributed by atoms with Gasteiger partial charge in [0, 0.05) is 6.54 Å². The highest BCUT2D eigenvalue weighted by Crippen LogP contribution is 2.06. The van der Waals surface area contributed by atoms with Crippen LogP contribution in [-0.2, 0) is 10.0 Å². The Kier molecular flexibility index (Phi) is 5.61. The molecule has 5 heteroatoms. The Morgan fingerprint density at radius 3 is 2.35 bits per heavy atom. The standard InChI is InChI=1S/C12H20N2O2S/c1-14(2)11-7-6-10-13-17(15,16)12-8-4-3-5-9-12/h3-5,8-9,13H,6-7,10-11H2,1-2H3. The molecule has 0 unspecified atom stereocenters. The molecule has 0 saturated heterocycles. The second kappa shape index (κ2) is 6.74. The second-order valence-electron chi connectivity index (χ2n) is 4.22. The number of hydrogen-bond acceptors (Lipinski definition) is 3. The highest BCUT2D eigenvalue weighted by atomic mass is 32.2. The monoisotopic (exact) mass is 256 g/mol. The number of unbranched alkanes of at least 4 members (excludes halogenated alkanes) is 1. The third-order valence-electron chi connectivity index (χ3n) is 2.38. The molecule has 1 N–H and O–H groups in total. The van der Waals surface area contributed by atoms with Gasteiger partial charge in [-0.2, -0.15) is 0 Å². The maximum Gasteiger partial charge on any atom is 0.240 e. The van der Waals surface area contributed by atoms with E-state index in [1.807, 2.05) is 14.1 Å². The average Bonchev–Trinajstić information content (AvgIpc) is 2.29. The van der Waals surface area contributed by atoms with Gasteiger partial charge in [-0.1, -0.05) is 18.2 Å². The minimum Gasteiger partial charge on any atom is -0.309 e. The van der Waals surface area contributed by atoms with Crippen molar-refractivity contribution in [2.75, 3.05) is 27.2 Å². The van der Waals surface area contributed by atoms with Crippen molar-refractivity contribution in [1.29, 1.82) is 0 Å². The molecule has 0 heterocycles. The van der Waals surface area contributed by atoms with Gasteiger partial charge in [0.05, 0.1) is 4.90 Å². The third-order valence-corrected chi connectivity index (χ3v) is 3.85. The predicted molar refractivity (Wildman–Crippen MR) is 69.4 cm³/mol. The van der Waals surface area contributed by atoms with E-state index in [1.54, 1.807) is 30.3 Å². The van der Waals surface area contributed by atoms with Crippen LogP contribution in [0.4, 0.5) is 0 Å². The number of nitrogens with zero attached hydrogens (tertiary/aromatic N) is 1. The van der Waals surface area contributed by atoms with Gasteiger partial charge >= 0.3 is 0 Å². The van der Waals surface area contributed by atoms with Crippen molar-refractivity contribution in [3.05, 3.63) is 30.3 Å². The lowest BCUT2D eigenvalue weighted by molar-refractivity contribution is 0.394. The molecule has 96 valence electrons. The molecule has 0 saturated carbocycles. The van der Waals surface area contributed by atoms with Crippen LogP contribution in [0.25, 0.3) is 0 Å². The summed E-state index contributed by atoms with van der Waals surface area (Å²) < 4.78 is 26.2. The highest BCUT2D eigenvalue weighted by molar-refractivity contribution is 7.89. The van der Waals surface area contributed by atoms with Crippen molar-refractivity contribution in [3.63, 3.8) is 0 Å². The van der Waals surface area contributed by atoms with Gasteiger partial charge in [-0.05, 0) is 45.6 Å². The van der Waals surface area contributed by atoms with Crippen LogP contribution in [0.2, 0.25) is 0 Å². The van der Waals surface area contributed by atoms with Crippen LogP contribution in [0.3, 0.4) is 0 Å². The largest absolute Gasteiger partial charge is 0.309 e. The van der Waals surface area contributed by atoms with E-state index in [4.69, 9.17) is 0 Å². The first-order chi connectivity index (χ1) is 8.02. The molecule has 17 heavy (non-hydrogen) atoms. The van der Waals surface area contributed by atoms with E-state index in [9.17, 15) is 8.42 Å². The van der Waals surface area contributed by atoms with E-state index in [0.717, 1.165) is 19.4 Å². The van der Waals surface area contributed by atoms with Crippen molar-refractivity contribution in [2.24, 2.45) is 0 Å². The van der Waals surface area contributed by atoms with Crippen LogP contribution in [0.1, 0.15) is 12.8 Å². The number of benzene rings is 1. The lowest BCUT2D eigenvalue weighted by Crippen LogP contribution is -2.25. The van der Waals surface area contributed by atoms with E-state index in [1.165, 1.54) is 0 Å². The lowest BCUT2D eigenvalue weighted by atomic mass is 10.3. The average molecular weight is 256 g/mol. The fourth-order valence-electron chi connectivity index (χ4n) is 1.44. The minimum atomic E-state index is -3.32. The van der Waals surface area contributed by atoms with Crippen LogP contribution in [0, 0.1) is 0 Å². The molecule has 0 aliphatic heterocycles. The van der Waals surface area contributed by atoms with Crippen molar-refractivity contribution >= 4 is 10.0 Å². The number of nitrogens with one attached hydrogen (secondary N) is 1. The number of sulfonamides is 1. The molecule has 1 aromatic carbocycles. The maximum absolute atomic E-state index is 11.8. The molecule has 0 spiro atoms. The molecule has 0 aromatic heterocycles. The molecule has 0 radical (unpaired) electrons. The lowest BCUT2D eigenvalue weighted by Gasteiger charge is -2.09. The van der Waals surface area contributed by atoms with Crippen LogP contribution in [-0.4, -0.2) is 40.5 Å². The zero-order valence-electron chi connectivity index (χ0n) is 10.4. The fourth-order valence-corrected chi connectivity index (χ4v) is 2.54.